The van der Waals surface area contributed by atoms with Crippen LogP contribution in [0.4, 0.5) is 17.2 Å². The third kappa shape index (κ3) is 6.21. The summed E-state index contributed by atoms with van der Waals surface area (Å²) in [6, 6.07) is 13.9. The van der Waals surface area contributed by atoms with Crippen LogP contribution < -0.4 is 4.90 Å². The van der Waals surface area contributed by atoms with Crippen molar-refractivity contribution in [3.05, 3.63) is 66.4 Å². The van der Waals surface area contributed by atoms with E-state index in [-0.39, 0.29) is 22.8 Å². The second-order valence-corrected chi connectivity index (χ2v) is 5.96. The average Bonchev–Trinajstić information content (AvgIpc) is 2.70. The third-order valence-electron chi connectivity index (χ3n) is 3.60. The van der Waals surface area contributed by atoms with Crippen molar-refractivity contribution in [3.63, 3.8) is 0 Å². The van der Waals surface area contributed by atoms with Crippen molar-refractivity contribution in [3.8, 4) is 17.2 Å². The first-order chi connectivity index (χ1) is 13.8. The molecule has 150 valence electrons. The first-order valence-corrected chi connectivity index (χ1v) is 8.36. The fraction of sp³-hybridized carbons (Fsp3) is 0.100. The SMILES string of the molecule is CN(C)c1ccc(N=Nc2ccccn2)c(O)c1.O=C(O)c1cc(O)ccc1O. The fourth-order valence-electron chi connectivity index (χ4n) is 2.09. The monoisotopic (exact) mass is 396 g/mol. The van der Waals surface area contributed by atoms with Gasteiger partial charge in [-0.25, -0.2) is 9.78 Å². The highest BCUT2D eigenvalue weighted by Crippen LogP contribution is 2.31. The van der Waals surface area contributed by atoms with Crippen LogP contribution in [0.15, 0.2) is 71.0 Å². The number of nitrogens with zero attached hydrogens (tertiary/aromatic N) is 4. The third-order valence-corrected chi connectivity index (χ3v) is 3.60. The van der Waals surface area contributed by atoms with E-state index in [0.717, 1.165) is 17.8 Å². The summed E-state index contributed by atoms with van der Waals surface area (Å²) in [7, 11) is 3.81. The van der Waals surface area contributed by atoms with Crippen molar-refractivity contribution in [2.45, 2.75) is 0 Å². The molecule has 1 heterocycles. The summed E-state index contributed by atoms with van der Waals surface area (Å²) in [5, 5.41) is 43.9. The predicted octanol–water partition coefficient (Wildman–Crippen LogP) is 4.06. The van der Waals surface area contributed by atoms with Crippen LogP contribution in [0.3, 0.4) is 0 Å². The number of rotatable bonds is 4. The molecular weight excluding hydrogens is 376 g/mol. The van der Waals surface area contributed by atoms with Gasteiger partial charge in [-0.3, -0.25) is 0 Å². The van der Waals surface area contributed by atoms with Crippen molar-refractivity contribution >= 4 is 23.2 Å². The maximum absolute atomic E-state index is 10.3. The Balaban J connectivity index is 0.000000234. The lowest BCUT2D eigenvalue weighted by Gasteiger charge is -2.12. The van der Waals surface area contributed by atoms with Crippen LogP contribution in [0.25, 0.3) is 0 Å². The number of aromatic hydroxyl groups is 3. The van der Waals surface area contributed by atoms with Crippen molar-refractivity contribution in [2.24, 2.45) is 10.2 Å². The number of anilines is 1. The molecule has 0 unspecified atom stereocenters. The highest BCUT2D eigenvalue weighted by molar-refractivity contribution is 5.91. The molecule has 0 bridgehead atoms. The zero-order valence-electron chi connectivity index (χ0n) is 15.8. The van der Waals surface area contributed by atoms with Gasteiger partial charge in [0.15, 0.2) is 5.82 Å². The summed E-state index contributed by atoms with van der Waals surface area (Å²) >= 11 is 0. The molecule has 0 atom stereocenters. The van der Waals surface area contributed by atoms with Gasteiger partial charge in [-0.1, -0.05) is 6.07 Å². The van der Waals surface area contributed by atoms with Gasteiger partial charge in [0, 0.05) is 32.0 Å². The number of azo groups is 1. The molecule has 3 rings (SSSR count). The number of hydrogen-bond acceptors (Lipinski definition) is 8. The van der Waals surface area contributed by atoms with Crippen LogP contribution >= 0.6 is 0 Å². The lowest BCUT2D eigenvalue weighted by Crippen LogP contribution is -2.07. The largest absolute Gasteiger partial charge is 0.508 e. The van der Waals surface area contributed by atoms with Gasteiger partial charge in [-0.15, -0.1) is 10.2 Å². The molecule has 1 aromatic heterocycles. The highest BCUT2D eigenvalue weighted by Gasteiger charge is 2.09. The number of pyridine rings is 1. The molecule has 0 fully saturated rings. The summed E-state index contributed by atoms with van der Waals surface area (Å²) in [4.78, 5) is 16.2. The maximum Gasteiger partial charge on any atom is 0.339 e. The maximum atomic E-state index is 10.3. The van der Waals surface area contributed by atoms with Crippen molar-refractivity contribution in [1.82, 2.24) is 4.98 Å². The van der Waals surface area contributed by atoms with Crippen LogP contribution in [0, 0.1) is 0 Å². The Morgan fingerprint density at radius 3 is 2.24 bits per heavy atom. The minimum absolute atomic E-state index is 0.0980. The van der Waals surface area contributed by atoms with Gasteiger partial charge in [-0.05, 0) is 42.5 Å². The molecule has 4 N–H and O–H groups in total. The van der Waals surface area contributed by atoms with Gasteiger partial charge in [0.05, 0.1) is 0 Å². The van der Waals surface area contributed by atoms with E-state index in [4.69, 9.17) is 15.3 Å². The first-order valence-electron chi connectivity index (χ1n) is 8.36. The summed E-state index contributed by atoms with van der Waals surface area (Å²) in [5.41, 5.74) is 1.03. The molecule has 0 spiro atoms. The van der Waals surface area contributed by atoms with Crippen molar-refractivity contribution in [1.29, 1.82) is 0 Å². The summed E-state index contributed by atoms with van der Waals surface area (Å²) in [6.45, 7) is 0. The Bertz CT molecular complexity index is 1010. The van der Waals surface area contributed by atoms with E-state index in [1.165, 1.54) is 6.07 Å². The number of phenols is 3. The molecule has 9 heteroatoms. The number of carboxylic acid groups (broad SMARTS) is 1. The van der Waals surface area contributed by atoms with Gasteiger partial charge in [-0.2, -0.15) is 0 Å². The average molecular weight is 396 g/mol. The summed E-state index contributed by atoms with van der Waals surface area (Å²) < 4.78 is 0. The lowest BCUT2D eigenvalue weighted by atomic mass is 10.2. The van der Waals surface area contributed by atoms with Gasteiger partial charge < -0.3 is 25.3 Å². The Hall–Kier alpha value is -4.14. The zero-order chi connectivity index (χ0) is 21.4. The molecule has 0 aliphatic rings. The number of aromatic carboxylic acids is 1. The summed E-state index contributed by atoms with van der Waals surface area (Å²) in [6.07, 6.45) is 1.64. The van der Waals surface area contributed by atoms with E-state index in [1.54, 1.807) is 24.4 Å². The van der Waals surface area contributed by atoms with E-state index in [9.17, 15) is 9.90 Å². The Kier molecular flexibility index (Phi) is 7.08. The Morgan fingerprint density at radius 1 is 0.931 bits per heavy atom. The molecular formula is C20H20N4O5. The number of carboxylic acids is 1. The van der Waals surface area contributed by atoms with E-state index in [2.05, 4.69) is 15.2 Å². The van der Waals surface area contributed by atoms with Crippen LogP contribution in [0.2, 0.25) is 0 Å². The standard InChI is InChI=1S/C13H14N4O.C7H6O4/c1-17(2)10-6-7-11(12(18)9-10)15-16-13-5-3-4-8-14-13;8-4-1-2-6(9)5(3-4)7(10)11/h3-9,18H,1-2H3;1-3,8-9H,(H,10,11). The lowest BCUT2D eigenvalue weighted by molar-refractivity contribution is 0.0693. The van der Waals surface area contributed by atoms with Crippen LogP contribution in [0.1, 0.15) is 10.4 Å². The molecule has 29 heavy (non-hydrogen) atoms. The van der Waals surface area contributed by atoms with Crippen LogP contribution in [0.5, 0.6) is 17.2 Å². The van der Waals surface area contributed by atoms with Gasteiger partial charge >= 0.3 is 5.97 Å². The predicted molar refractivity (Wildman–Crippen MR) is 108 cm³/mol. The smallest absolute Gasteiger partial charge is 0.339 e. The normalized spacial score (nSPS) is 10.3. The fourth-order valence-corrected chi connectivity index (χ4v) is 2.09. The number of benzene rings is 2. The first kappa shape index (κ1) is 21.2. The molecule has 2 aromatic carbocycles. The van der Waals surface area contributed by atoms with Crippen LogP contribution in [-0.4, -0.2) is 45.5 Å². The van der Waals surface area contributed by atoms with Gasteiger partial charge in [0.1, 0.15) is 28.5 Å². The number of carbonyl (C=O) groups is 1. The van der Waals surface area contributed by atoms with Crippen molar-refractivity contribution in [2.75, 3.05) is 19.0 Å². The Labute approximate surface area is 166 Å². The van der Waals surface area contributed by atoms with E-state index in [1.807, 2.05) is 37.2 Å². The zero-order valence-corrected chi connectivity index (χ0v) is 15.8. The number of hydrogen-bond donors (Lipinski definition) is 4. The van der Waals surface area contributed by atoms with E-state index >= 15 is 0 Å². The molecule has 3 aromatic rings. The minimum Gasteiger partial charge on any atom is -0.508 e. The molecule has 0 aliphatic heterocycles. The van der Waals surface area contributed by atoms with Gasteiger partial charge in [0.25, 0.3) is 0 Å². The molecule has 9 nitrogen and oxygen atoms in total. The van der Waals surface area contributed by atoms with Crippen LogP contribution in [-0.2, 0) is 0 Å². The minimum atomic E-state index is -1.27. The quantitative estimate of drug-likeness (QED) is 0.385. The van der Waals surface area contributed by atoms with E-state index in [0.29, 0.717) is 11.5 Å². The van der Waals surface area contributed by atoms with Gasteiger partial charge in [0.2, 0.25) is 0 Å². The Morgan fingerprint density at radius 2 is 1.69 bits per heavy atom. The topological polar surface area (TPSA) is 139 Å². The highest BCUT2D eigenvalue weighted by atomic mass is 16.4. The summed E-state index contributed by atoms with van der Waals surface area (Å²) in [5.74, 6) is -1.19. The second-order valence-electron chi connectivity index (χ2n) is 5.96. The second kappa shape index (κ2) is 9.70. The molecule has 0 amide bonds. The molecule has 0 radical (unpaired) electrons. The number of phenolic OH excluding ortho intramolecular Hbond substituents is 2. The molecule has 0 saturated carbocycles. The molecule has 0 aliphatic carbocycles. The molecule has 0 saturated heterocycles. The van der Waals surface area contributed by atoms with Crippen molar-refractivity contribution < 1.29 is 25.2 Å². The van der Waals surface area contributed by atoms with E-state index < -0.39 is 5.97 Å². The number of aromatic nitrogens is 1.